The monoisotopic (exact) mass is 320 g/mol. The average molecular weight is 321 g/mol. The number of aliphatic hydroxyl groups is 1. The lowest BCUT2D eigenvalue weighted by Gasteiger charge is -2.15. The zero-order valence-corrected chi connectivity index (χ0v) is 11.2. The van der Waals surface area contributed by atoms with Gasteiger partial charge in [-0.2, -0.15) is 13.2 Å². The van der Waals surface area contributed by atoms with Crippen LogP contribution in [-0.4, -0.2) is 5.11 Å². The molecule has 21 heavy (non-hydrogen) atoms. The van der Waals surface area contributed by atoms with Crippen LogP contribution in [-0.2, 0) is 12.8 Å². The van der Waals surface area contributed by atoms with Gasteiger partial charge in [0, 0.05) is 6.07 Å². The van der Waals surface area contributed by atoms with Gasteiger partial charge in [-0.3, -0.25) is 0 Å². The number of rotatable bonds is 3. The van der Waals surface area contributed by atoms with Gasteiger partial charge >= 0.3 is 6.18 Å². The first-order valence-electron chi connectivity index (χ1n) is 5.75. The summed E-state index contributed by atoms with van der Waals surface area (Å²) in [5.41, 5.74) is -0.929. The van der Waals surface area contributed by atoms with E-state index >= 15 is 0 Å². The third-order valence-corrected chi connectivity index (χ3v) is 2.94. The highest BCUT2D eigenvalue weighted by atomic mass is 35.5. The summed E-state index contributed by atoms with van der Waals surface area (Å²) in [6, 6.07) is 6.42. The molecule has 1 N–H and O–H groups in total. The van der Waals surface area contributed by atoms with E-state index < -0.39 is 29.9 Å². The molecule has 0 spiro atoms. The molecule has 0 saturated carbocycles. The summed E-state index contributed by atoms with van der Waals surface area (Å²) < 4.78 is 57.0. The molecule has 7 heteroatoms. The quantitative estimate of drug-likeness (QED) is 0.824. The van der Waals surface area contributed by atoms with Crippen molar-refractivity contribution in [1.82, 2.24) is 0 Å². The Morgan fingerprint density at radius 2 is 1.81 bits per heavy atom. The number of hydrogen-bond acceptors (Lipinski definition) is 2. The molecule has 0 radical (unpaired) electrons. The van der Waals surface area contributed by atoms with Gasteiger partial charge in [-0.25, -0.2) is 4.39 Å². The second-order valence-corrected chi connectivity index (χ2v) is 4.57. The minimum Gasteiger partial charge on any atom is -0.457 e. The fourth-order valence-electron chi connectivity index (χ4n) is 1.65. The molecule has 0 atom stereocenters. The summed E-state index contributed by atoms with van der Waals surface area (Å²) in [6.45, 7) is -0.522. The predicted molar refractivity (Wildman–Crippen MR) is 68.9 cm³/mol. The van der Waals surface area contributed by atoms with E-state index in [1.807, 2.05) is 0 Å². The van der Waals surface area contributed by atoms with E-state index in [4.69, 9.17) is 21.4 Å². The Balaban J connectivity index is 2.41. The molecule has 0 aliphatic rings. The lowest BCUT2D eigenvalue weighted by Crippen LogP contribution is -2.08. The number of ether oxygens (including phenoxy) is 1. The Hall–Kier alpha value is -1.79. The number of benzene rings is 2. The Bertz CT molecular complexity index is 656. The maximum absolute atomic E-state index is 13.0. The van der Waals surface area contributed by atoms with Crippen LogP contribution < -0.4 is 4.74 Å². The van der Waals surface area contributed by atoms with Crippen LogP contribution in [0, 0.1) is 5.82 Å². The van der Waals surface area contributed by atoms with Gasteiger partial charge in [-0.05, 0) is 29.8 Å². The van der Waals surface area contributed by atoms with Gasteiger partial charge in [0.15, 0.2) is 0 Å². The highest BCUT2D eigenvalue weighted by molar-refractivity contribution is 6.30. The molecule has 0 saturated heterocycles. The SMILES string of the molecule is OCc1ccc(Oc2ccc(F)c(Cl)c2)c(C(F)(F)F)c1. The summed E-state index contributed by atoms with van der Waals surface area (Å²) >= 11 is 5.55. The van der Waals surface area contributed by atoms with Gasteiger partial charge in [0.1, 0.15) is 17.3 Å². The molecule has 0 heterocycles. The van der Waals surface area contributed by atoms with Crippen molar-refractivity contribution in [2.45, 2.75) is 12.8 Å². The third kappa shape index (κ3) is 3.65. The molecule has 0 aliphatic carbocycles. The number of alkyl halides is 3. The summed E-state index contributed by atoms with van der Waals surface area (Å²) in [4.78, 5) is 0. The molecule has 0 unspecified atom stereocenters. The van der Waals surface area contributed by atoms with Crippen molar-refractivity contribution >= 4 is 11.6 Å². The van der Waals surface area contributed by atoms with Crippen molar-refractivity contribution in [3.05, 3.63) is 58.4 Å². The second-order valence-electron chi connectivity index (χ2n) is 4.16. The van der Waals surface area contributed by atoms with E-state index in [0.29, 0.717) is 0 Å². The summed E-state index contributed by atoms with van der Waals surface area (Å²) in [5, 5.41) is 8.65. The van der Waals surface area contributed by atoms with Crippen molar-refractivity contribution in [2.75, 3.05) is 0 Å². The van der Waals surface area contributed by atoms with Crippen molar-refractivity contribution in [1.29, 1.82) is 0 Å². The third-order valence-electron chi connectivity index (χ3n) is 2.65. The predicted octanol–water partition coefficient (Wildman–Crippen LogP) is 4.78. The average Bonchev–Trinajstić information content (AvgIpc) is 2.42. The Morgan fingerprint density at radius 1 is 1.10 bits per heavy atom. The number of halogens is 5. The van der Waals surface area contributed by atoms with E-state index in [0.717, 1.165) is 24.3 Å². The largest absolute Gasteiger partial charge is 0.457 e. The van der Waals surface area contributed by atoms with E-state index in [9.17, 15) is 17.6 Å². The minimum absolute atomic E-state index is 0.0244. The molecule has 0 bridgehead atoms. The standard InChI is InChI=1S/C14H9ClF4O2/c15-11-6-9(2-3-12(11)16)21-13-4-1-8(7-20)5-10(13)14(17,18)19/h1-6,20H,7H2. The smallest absolute Gasteiger partial charge is 0.419 e. The zero-order valence-electron chi connectivity index (χ0n) is 10.4. The van der Waals surface area contributed by atoms with E-state index in [1.165, 1.54) is 12.1 Å². The lowest BCUT2D eigenvalue weighted by atomic mass is 10.1. The highest BCUT2D eigenvalue weighted by Gasteiger charge is 2.34. The molecule has 2 aromatic carbocycles. The van der Waals surface area contributed by atoms with Crippen molar-refractivity contribution in [2.24, 2.45) is 0 Å². The van der Waals surface area contributed by atoms with Gasteiger partial charge in [0.05, 0.1) is 17.2 Å². The molecule has 2 rings (SSSR count). The lowest BCUT2D eigenvalue weighted by molar-refractivity contribution is -0.138. The van der Waals surface area contributed by atoms with Crippen LogP contribution in [0.2, 0.25) is 5.02 Å². The number of hydrogen-bond donors (Lipinski definition) is 1. The normalized spacial score (nSPS) is 11.5. The fraction of sp³-hybridized carbons (Fsp3) is 0.143. The molecule has 0 aliphatic heterocycles. The van der Waals surface area contributed by atoms with Gasteiger partial charge in [-0.15, -0.1) is 0 Å². The fourth-order valence-corrected chi connectivity index (χ4v) is 1.82. The van der Waals surface area contributed by atoms with Gasteiger partial charge in [-0.1, -0.05) is 17.7 Å². The maximum Gasteiger partial charge on any atom is 0.419 e. The van der Waals surface area contributed by atoms with Crippen LogP contribution in [0.1, 0.15) is 11.1 Å². The van der Waals surface area contributed by atoms with Crippen LogP contribution >= 0.6 is 11.6 Å². The molecule has 112 valence electrons. The highest BCUT2D eigenvalue weighted by Crippen LogP contribution is 2.39. The van der Waals surface area contributed by atoms with Gasteiger partial charge in [0.25, 0.3) is 0 Å². The molecule has 0 amide bonds. The first kappa shape index (κ1) is 15.6. The molecule has 2 aromatic rings. The molecular formula is C14H9ClF4O2. The van der Waals surface area contributed by atoms with Gasteiger partial charge < -0.3 is 9.84 Å². The summed E-state index contributed by atoms with van der Waals surface area (Å²) in [7, 11) is 0. The Kier molecular flexibility index (Phi) is 4.39. The van der Waals surface area contributed by atoms with Crippen molar-refractivity contribution in [3.63, 3.8) is 0 Å². The summed E-state index contributed by atoms with van der Waals surface area (Å²) in [6.07, 6.45) is -4.65. The summed E-state index contributed by atoms with van der Waals surface area (Å²) in [5.74, 6) is -1.18. The van der Waals surface area contributed by atoms with E-state index in [1.54, 1.807) is 0 Å². The molecule has 2 nitrogen and oxygen atoms in total. The van der Waals surface area contributed by atoms with Crippen LogP contribution in [0.25, 0.3) is 0 Å². The zero-order chi connectivity index (χ0) is 15.6. The van der Waals surface area contributed by atoms with Crippen LogP contribution in [0.5, 0.6) is 11.5 Å². The van der Waals surface area contributed by atoms with Crippen molar-refractivity contribution < 1.29 is 27.4 Å². The van der Waals surface area contributed by atoms with E-state index in [2.05, 4.69) is 0 Å². The van der Waals surface area contributed by atoms with Gasteiger partial charge in [0.2, 0.25) is 0 Å². The Labute approximate surface area is 122 Å². The van der Waals surface area contributed by atoms with Crippen LogP contribution in [0.4, 0.5) is 17.6 Å². The second kappa shape index (κ2) is 5.91. The topological polar surface area (TPSA) is 29.5 Å². The van der Waals surface area contributed by atoms with Crippen LogP contribution in [0.15, 0.2) is 36.4 Å². The number of aliphatic hydroxyl groups excluding tert-OH is 1. The first-order valence-corrected chi connectivity index (χ1v) is 6.13. The molecule has 0 fully saturated rings. The Morgan fingerprint density at radius 3 is 2.38 bits per heavy atom. The minimum atomic E-state index is -4.65. The maximum atomic E-state index is 13.0. The van der Waals surface area contributed by atoms with E-state index in [-0.39, 0.29) is 16.3 Å². The molecule has 0 aromatic heterocycles. The first-order chi connectivity index (χ1) is 9.81. The molecular weight excluding hydrogens is 312 g/mol. The van der Waals surface area contributed by atoms with Crippen molar-refractivity contribution in [3.8, 4) is 11.5 Å². The van der Waals surface area contributed by atoms with Crippen LogP contribution in [0.3, 0.4) is 0 Å².